The molecule has 0 amide bonds. The number of hydrogen-bond donors (Lipinski definition) is 0. The molecule has 9 aromatic carbocycles. The van der Waals surface area contributed by atoms with Crippen LogP contribution in [-0.2, 0) is 0 Å². The Hall–Kier alpha value is -6.90. The van der Waals surface area contributed by atoms with Crippen LogP contribution in [0.1, 0.15) is 0 Å². The normalized spacial score (nSPS) is 11.5. The van der Waals surface area contributed by atoms with Gasteiger partial charge in [-0.05, 0) is 106 Å². The van der Waals surface area contributed by atoms with Crippen molar-refractivity contribution in [3.63, 3.8) is 0 Å². The van der Waals surface area contributed by atoms with Gasteiger partial charge in [-0.1, -0.05) is 170 Å². The van der Waals surface area contributed by atoms with Gasteiger partial charge in [0.2, 0.25) is 0 Å². The van der Waals surface area contributed by atoms with E-state index in [2.05, 4.69) is 192 Å². The zero-order valence-corrected chi connectivity index (χ0v) is 28.4. The Morgan fingerprint density at radius 2 is 0.635 bits per heavy atom. The van der Waals surface area contributed by atoms with E-state index in [9.17, 15) is 0 Å². The van der Waals surface area contributed by atoms with Crippen molar-refractivity contribution in [3.8, 4) is 55.8 Å². The Morgan fingerprint density at radius 3 is 1.12 bits per heavy atom. The SMILES string of the molecule is c1ccc(-c2ccc3c(-c4ccc(-c5c6ccccc6c(-c6cccnn6)c6ccccc56)cc4)c4ccccc4c(-c4ccccc4)c3c2)cc1. The van der Waals surface area contributed by atoms with Gasteiger partial charge in [0.25, 0.3) is 0 Å². The number of aromatic nitrogens is 2. The summed E-state index contributed by atoms with van der Waals surface area (Å²) in [5, 5.41) is 18.5. The van der Waals surface area contributed by atoms with Crippen LogP contribution in [0.2, 0.25) is 0 Å². The number of benzene rings is 9. The van der Waals surface area contributed by atoms with E-state index >= 15 is 0 Å². The number of nitrogens with zero attached hydrogens (tertiary/aromatic N) is 2. The van der Waals surface area contributed by atoms with Crippen LogP contribution in [0.5, 0.6) is 0 Å². The van der Waals surface area contributed by atoms with Gasteiger partial charge in [0, 0.05) is 11.8 Å². The fourth-order valence-electron chi connectivity index (χ4n) is 8.17. The minimum Gasteiger partial charge on any atom is -0.159 e. The minimum absolute atomic E-state index is 0.880. The minimum atomic E-state index is 0.880. The molecule has 0 bridgehead atoms. The van der Waals surface area contributed by atoms with Crippen LogP contribution in [0, 0.1) is 0 Å². The third kappa shape index (κ3) is 4.88. The van der Waals surface area contributed by atoms with Crippen LogP contribution in [-0.4, -0.2) is 10.2 Å². The van der Waals surface area contributed by atoms with Gasteiger partial charge in [0.05, 0.1) is 5.69 Å². The molecule has 0 atom stereocenters. The van der Waals surface area contributed by atoms with Crippen molar-refractivity contribution in [1.29, 1.82) is 0 Å². The summed E-state index contributed by atoms with van der Waals surface area (Å²) >= 11 is 0. The molecule has 0 fully saturated rings. The molecule has 1 aromatic heterocycles. The van der Waals surface area contributed by atoms with Crippen molar-refractivity contribution >= 4 is 43.1 Å². The second-order valence-corrected chi connectivity index (χ2v) is 13.3. The molecule has 0 unspecified atom stereocenters. The molecule has 0 N–H and O–H groups in total. The topological polar surface area (TPSA) is 25.8 Å². The van der Waals surface area contributed by atoms with Crippen molar-refractivity contribution in [3.05, 3.63) is 194 Å². The fraction of sp³-hybridized carbons (Fsp3) is 0. The second kappa shape index (κ2) is 12.5. The Balaban J connectivity index is 1.21. The first-order chi connectivity index (χ1) is 25.8. The quantitative estimate of drug-likeness (QED) is 0.172. The second-order valence-electron chi connectivity index (χ2n) is 13.3. The van der Waals surface area contributed by atoms with Crippen LogP contribution >= 0.6 is 0 Å². The fourth-order valence-corrected chi connectivity index (χ4v) is 8.17. The van der Waals surface area contributed by atoms with Gasteiger partial charge in [0.1, 0.15) is 0 Å². The van der Waals surface area contributed by atoms with Gasteiger partial charge < -0.3 is 0 Å². The van der Waals surface area contributed by atoms with Crippen LogP contribution in [0.25, 0.3) is 98.9 Å². The molecule has 242 valence electrons. The standard InChI is InChI=1S/C50H32N2/c1-3-14-33(15-4-1)37-29-30-44-45(32-37)49(34-16-5-2-6-17-34)39-19-8-7-18-38(39)48(44)36-27-25-35(26-28-36)47-40-20-9-11-22-42(40)50(46-24-13-31-51-52-46)43-23-12-10-21-41(43)47/h1-32H. The first kappa shape index (κ1) is 30.0. The van der Waals surface area contributed by atoms with Gasteiger partial charge in [-0.3, -0.25) is 0 Å². The first-order valence-corrected chi connectivity index (χ1v) is 17.7. The number of fused-ring (bicyclic) bond motifs is 4. The molecule has 0 saturated carbocycles. The Kier molecular flexibility index (Phi) is 7.18. The van der Waals surface area contributed by atoms with Gasteiger partial charge in [-0.2, -0.15) is 10.2 Å². The molecule has 0 radical (unpaired) electrons. The molecule has 2 nitrogen and oxygen atoms in total. The van der Waals surface area contributed by atoms with Crippen molar-refractivity contribution in [2.75, 3.05) is 0 Å². The maximum Gasteiger partial charge on any atom is 0.0942 e. The summed E-state index contributed by atoms with van der Waals surface area (Å²) in [6.45, 7) is 0. The summed E-state index contributed by atoms with van der Waals surface area (Å²) in [5.74, 6) is 0. The lowest BCUT2D eigenvalue weighted by Gasteiger charge is -2.19. The average Bonchev–Trinajstić information content (AvgIpc) is 3.22. The maximum atomic E-state index is 4.54. The molecular formula is C50H32N2. The van der Waals surface area contributed by atoms with Gasteiger partial charge in [0.15, 0.2) is 0 Å². The maximum absolute atomic E-state index is 4.54. The Morgan fingerprint density at radius 1 is 0.250 bits per heavy atom. The van der Waals surface area contributed by atoms with E-state index in [4.69, 9.17) is 0 Å². The molecule has 1 heterocycles. The molecular weight excluding hydrogens is 629 g/mol. The van der Waals surface area contributed by atoms with Gasteiger partial charge in [-0.25, -0.2) is 0 Å². The van der Waals surface area contributed by atoms with Crippen molar-refractivity contribution in [1.82, 2.24) is 10.2 Å². The monoisotopic (exact) mass is 660 g/mol. The van der Waals surface area contributed by atoms with Gasteiger partial charge >= 0.3 is 0 Å². The van der Waals surface area contributed by atoms with Crippen molar-refractivity contribution in [2.24, 2.45) is 0 Å². The first-order valence-electron chi connectivity index (χ1n) is 17.7. The lowest BCUT2D eigenvalue weighted by Crippen LogP contribution is -1.93. The van der Waals surface area contributed by atoms with Crippen LogP contribution < -0.4 is 0 Å². The summed E-state index contributed by atoms with van der Waals surface area (Å²) < 4.78 is 0. The van der Waals surface area contributed by atoms with E-state index in [-0.39, 0.29) is 0 Å². The predicted molar refractivity (Wildman–Crippen MR) is 219 cm³/mol. The number of hydrogen-bond acceptors (Lipinski definition) is 2. The third-order valence-electron chi connectivity index (χ3n) is 10.4. The summed E-state index contributed by atoms with van der Waals surface area (Å²) in [5.41, 5.74) is 11.8. The molecule has 52 heavy (non-hydrogen) atoms. The molecule has 0 aliphatic carbocycles. The molecule has 0 aliphatic heterocycles. The van der Waals surface area contributed by atoms with E-state index in [0.29, 0.717) is 0 Å². The van der Waals surface area contributed by atoms with E-state index in [0.717, 1.165) is 11.3 Å². The lowest BCUT2D eigenvalue weighted by molar-refractivity contribution is 1.04. The van der Waals surface area contributed by atoms with E-state index < -0.39 is 0 Å². The summed E-state index contributed by atoms with van der Waals surface area (Å²) in [6.07, 6.45) is 1.73. The molecule has 10 aromatic rings. The van der Waals surface area contributed by atoms with E-state index in [1.807, 2.05) is 6.07 Å². The molecule has 0 spiro atoms. The zero-order valence-electron chi connectivity index (χ0n) is 28.4. The van der Waals surface area contributed by atoms with E-state index in [1.54, 1.807) is 6.20 Å². The number of rotatable bonds is 5. The molecule has 2 heteroatoms. The largest absolute Gasteiger partial charge is 0.159 e. The highest BCUT2D eigenvalue weighted by Crippen LogP contribution is 2.47. The van der Waals surface area contributed by atoms with Crippen molar-refractivity contribution < 1.29 is 0 Å². The zero-order chi connectivity index (χ0) is 34.4. The highest BCUT2D eigenvalue weighted by molar-refractivity contribution is 6.23. The summed E-state index contributed by atoms with van der Waals surface area (Å²) in [4.78, 5) is 0. The Bertz CT molecular complexity index is 2860. The molecule has 0 saturated heterocycles. The molecule has 10 rings (SSSR count). The van der Waals surface area contributed by atoms with E-state index in [1.165, 1.54) is 87.6 Å². The highest BCUT2D eigenvalue weighted by atomic mass is 15.1. The third-order valence-corrected chi connectivity index (χ3v) is 10.4. The smallest absolute Gasteiger partial charge is 0.0942 e. The van der Waals surface area contributed by atoms with Crippen molar-refractivity contribution in [2.45, 2.75) is 0 Å². The predicted octanol–water partition coefficient (Wildman–Crippen LogP) is 13.4. The van der Waals surface area contributed by atoms with Crippen LogP contribution in [0.4, 0.5) is 0 Å². The molecule has 0 aliphatic rings. The lowest BCUT2D eigenvalue weighted by atomic mass is 9.84. The van der Waals surface area contributed by atoms with Crippen LogP contribution in [0.3, 0.4) is 0 Å². The highest BCUT2D eigenvalue weighted by Gasteiger charge is 2.20. The summed E-state index contributed by atoms with van der Waals surface area (Å²) in [6, 6.07) is 68.0. The Labute approximate surface area is 302 Å². The van der Waals surface area contributed by atoms with Crippen LogP contribution in [0.15, 0.2) is 194 Å². The average molecular weight is 661 g/mol. The summed E-state index contributed by atoms with van der Waals surface area (Å²) in [7, 11) is 0. The van der Waals surface area contributed by atoms with Gasteiger partial charge in [-0.15, -0.1) is 0 Å².